The third kappa shape index (κ3) is 2.95. The van der Waals surface area contributed by atoms with Gasteiger partial charge in [-0.2, -0.15) is 0 Å². The highest BCUT2D eigenvalue weighted by Crippen LogP contribution is 2.36. The number of hydrogen-bond donors (Lipinski definition) is 1. The second-order valence-corrected chi connectivity index (χ2v) is 7.54. The van der Waals surface area contributed by atoms with Gasteiger partial charge in [0.2, 0.25) is 0 Å². The Kier molecular flexibility index (Phi) is 4.10. The second kappa shape index (κ2) is 5.53. The topological polar surface area (TPSA) is 60.2 Å². The number of hydrogen-bond acceptors (Lipinski definition) is 3. The molecule has 0 amide bonds. The summed E-state index contributed by atoms with van der Waals surface area (Å²) in [4.78, 5) is 0.212. The van der Waals surface area contributed by atoms with Crippen molar-refractivity contribution in [2.45, 2.75) is 31.6 Å². The van der Waals surface area contributed by atoms with Crippen LogP contribution >= 0.6 is 0 Å². The van der Waals surface area contributed by atoms with Crippen molar-refractivity contribution in [3.63, 3.8) is 0 Å². The second-order valence-electron chi connectivity index (χ2n) is 5.56. The molecule has 0 bridgehead atoms. The summed E-state index contributed by atoms with van der Waals surface area (Å²) in [5.74, 6) is 0.0490. The first kappa shape index (κ1) is 15.6. The third-order valence-corrected chi connectivity index (χ3v) is 5.11. The highest BCUT2D eigenvalue weighted by molar-refractivity contribution is 7.90. The van der Waals surface area contributed by atoms with Crippen LogP contribution in [0.5, 0.6) is 0 Å². The summed E-state index contributed by atoms with van der Waals surface area (Å²) in [5.41, 5.74) is 10.8. The molecule has 0 spiro atoms. The Hall–Kier alpha value is -1.81. The first-order valence-corrected chi connectivity index (χ1v) is 8.77. The average molecular weight is 303 g/mol. The molecule has 4 heteroatoms. The monoisotopic (exact) mass is 303 g/mol. The fourth-order valence-electron chi connectivity index (χ4n) is 2.85. The molecule has 0 aliphatic carbocycles. The Morgan fingerprint density at radius 2 is 1.62 bits per heavy atom. The summed E-state index contributed by atoms with van der Waals surface area (Å²) in [6.07, 6.45) is 1.19. The molecule has 0 heterocycles. The van der Waals surface area contributed by atoms with E-state index in [0.717, 1.165) is 16.7 Å². The predicted octanol–water partition coefficient (Wildman–Crippen LogP) is 3.44. The van der Waals surface area contributed by atoms with Crippen molar-refractivity contribution in [2.24, 2.45) is 0 Å². The lowest BCUT2D eigenvalue weighted by Gasteiger charge is -2.21. The van der Waals surface area contributed by atoms with E-state index in [2.05, 4.69) is 26.0 Å². The van der Waals surface area contributed by atoms with Gasteiger partial charge in [0, 0.05) is 12.2 Å². The van der Waals surface area contributed by atoms with E-state index in [9.17, 15) is 8.42 Å². The molecule has 1 atom stereocenters. The van der Waals surface area contributed by atoms with E-state index in [1.807, 2.05) is 25.1 Å². The molecule has 0 aliphatic rings. The predicted molar refractivity (Wildman–Crippen MR) is 87.4 cm³/mol. The number of rotatable bonds is 3. The number of benzene rings is 2. The molecule has 2 N–H and O–H groups in total. The molecule has 0 saturated carbocycles. The van der Waals surface area contributed by atoms with Gasteiger partial charge in [0.25, 0.3) is 0 Å². The lowest BCUT2D eigenvalue weighted by atomic mass is 9.86. The van der Waals surface area contributed by atoms with Gasteiger partial charge >= 0.3 is 0 Å². The highest BCUT2D eigenvalue weighted by atomic mass is 32.2. The minimum atomic E-state index is -3.32. The van der Waals surface area contributed by atoms with Gasteiger partial charge in [0.05, 0.1) is 10.6 Å². The SMILES string of the molecule is Cc1ccccc1[C@H](C)c1c(C)ccc(S(C)(=O)=O)c1N. The highest BCUT2D eigenvalue weighted by Gasteiger charge is 2.21. The van der Waals surface area contributed by atoms with Crippen LogP contribution in [-0.4, -0.2) is 14.7 Å². The van der Waals surface area contributed by atoms with Crippen molar-refractivity contribution in [1.29, 1.82) is 0 Å². The van der Waals surface area contributed by atoms with E-state index in [0.29, 0.717) is 5.69 Å². The fraction of sp³-hybridized carbons (Fsp3) is 0.294. The molecule has 2 rings (SSSR count). The van der Waals surface area contributed by atoms with Crippen LogP contribution < -0.4 is 5.73 Å². The van der Waals surface area contributed by atoms with E-state index >= 15 is 0 Å². The molecule has 0 fully saturated rings. The molecule has 0 saturated heterocycles. The van der Waals surface area contributed by atoms with Gasteiger partial charge in [0.1, 0.15) is 0 Å². The van der Waals surface area contributed by atoms with E-state index < -0.39 is 9.84 Å². The Morgan fingerprint density at radius 1 is 1.00 bits per heavy atom. The maximum Gasteiger partial charge on any atom is 0.177 e. The molecule has 2 aromatic rings. The van der Waals surface area contributed by atoms with Crippen molar-refractivity contribution in [3.8, 4) is 0 Å². The van der Waals surface area contributed by atoms with Crippen LogP contribution in [0.25, 0.3) is 0 Å². The molecule has 0 radical (unpaired) electrons. The maximum absolute atomic E-state index is 11.9. The van der Waals surface area contributed by atoms with E-state index in [1.54, 1.807) is 6.07 Å². The minimum Gasteiger partial charge on any atom is -0.397 e. The smallest absolute Gasteiger partial charge is 0.177 e. The first-order chi connectivity index (χ1) is 9.73. The Balaban J connectivity index is 2.67. The van der Waals surface area contributed by atoms with E-state index in [1.165, 1.54) is 11.8 Å². The molecule has 21 heavy (non-hydrogen) atoms. The zero-order chi connectivity index (χ0) is 15.8. The van der Waals surface area contributed by atoms with Crippen LogP contribution in [-0.2, 0) is 9.84 Å². The maximum atomic E-state index is 11.9. The number of nitrogen functional groups attached to an aromatic ring is 1. The third-order valence-electron chi connectivity index (χ3n) is 3.95. The van der Waals surface area contributed by atoms with Crippen LogP contribution in [0.15, 0.2) is 41.3 Å². The van der Waals surface area contributed by atoms with Gasteiger partial charge in [-0.1, -0.05) is 37.3 Å². The van der Waals surface area contributed by atoms with Crippen molar-refractivity contribution in [1.82, 2.24) is 0 Å². The first-order valence-electron chi connectivity index (χ1n) is 6.88. The summed E-state index contributed by atoms with van der Waals surface area (Å²) >= 11 is 0. The molecule has 0 aliphatic heterocycles. The van der Waals surface area contributed by atoms with Crippen molar-refractivity contribution in [2.75, 3.05) is 12.0 Å². The van der Waals surface area contributed by atoms with Gasteiger partial charge < -0.3 is 5.73 Å². The summed E-state index contributed by atoms with van der Waals surface area (Å²) in [7, 11) is -3.32. The Bertz CT molecular complexity index is 779. The minimum absolute atomic E-state index is 0.0490. The van der Waals surface area contributed by atoms with Gasteiger partial charge in [-0.3, -0.25) is 0 Å². The lowest BCUT2D eigenvalue weighted by Crippen LogP contribution is -2.10. The lowest BCUT2D eigenvalue weighted by molar-refractivity contribution is 0.602. The summed E-state index contributed by atoms with van der Waals surface area (Å²) < 4.78 is 23.7. The largest absolute Gasteiger partial charge is 0.397 e. The standard InChI is InChI=1S/C17H21NO2S/c1-11-7-5-6-8-14(11)13(3)16-12(2)9-10-15(17(16)18)21(4,19)20/h5-10,13H,18H2,1-4H3/t13-/m0/s1. The molecule has 0 aromatic heterocycles. The number of sulfone groups is 1. The molecule has 0 unspecified atom stereocenters. The zero-order valence-corrected chi connectivity index (χ0v) is 13.7. The van der Waals surface area contributed by atoms with Crippen LogP contribution in [0.3, 0.4) is 0 Å². The van der Waals surface area contributed by atoms with E-state index in [-0.39, 0.29) is 10.8 Å². The average Bonchev–Trinajstić information content (AvgIpc) is 2.37. The van der Waals surface area contributed by atoms with Crippen molar-refractivity contribution in [3.05, 3.63) is 58.7 Å². The number of aryl methyl sites for hydroxylation is 2. The molecular formula is C17H21NO2S. The van der Waals surface area contributed by atoms with Crippen molar-refractivity contribution >= 4 is 15.5 Å². The number of nitrogens with two attached hydrogens (primary N) is 1. The molecular weight excluding hydrogens is 282 g/mol. The summed E-state index contributed by atoms with van der Waals surface area (Å²) in [6.45, 7) is 6.08. The van der Waals surface area contributed by atoms with E-state index in [4.69, 9.17) is 5.73 Å². The molecule has 2 aromatic carbocycles. The zero-order valence-electron chi connectivity index (χ0n) is 12.8. The fourth-order valence-corrected chi connectivity index (χ4v) is 3.68. The Morgan fingerprint density at radius 3 is 2.19 bits per heavy atom. The number of anilines is 1. The molecule has 112 valence electrons. The van der Waals surface area contributed by atoms with Crippen LogP contribution in [0.4, 0.5) is 5.69 Å². The van der Waals surface area contributed by atoms with Gasteiger partial charge in [-0.25, -0.2) is 8.42 Å². The quantitative estimate of drug-likeness (QED) is 0.884. The van der Waals surface area contributed by atoms with Crippen LogP contribution in [0.2, 0.25) is 0 Å². The van der Waals surface area contributed by atoms with Crippen LogP contribution in [0, 0.1) is 13.8 Å². The normalized spacial score (nSPS) is 13.1. The Labute approximate surface area is 126 Å². The molecule has 3 nitrogen and oxygen atoms in total. The summed E-state index contributed by atoms with van der Waals surface area (Å²) in [6, 6.07) is 11.5. The van der Waals surface area contributed by atoms with Gasteiger partial charge in [-0.05, 0) is 42.2 Å². The van der Waals surface area contributed by atoms with Crippen molar-refractivity contribution < 1.29 is 8.42 Å². The summed E-state index contributed by atoms with van der Waals surface area (Å²) in [5, 5.41) is 0. The van der Waals surface area contributed by atoms with Gasteiger partial charge in [-0.15, -0.1) is 0 Å². The van der Waals surface area contributed by atoms with Gasteiger partial charge in [0.15, 0.2) is 9.84 Å². The van der Waals surface area contributed by atoms with Crippen LogP contribution in [0.1, 0.15) is 35.1 Å².